The van der Waals surface area contributed by atoms with Crippen LogP contribution >= 0.6 is 0 Å². The Morgan fingerprint density at radius 2 is 1.83 bits per heavy atom. The summed E-state index contributed by atoms with van der Waals surface area (Å²) in [6.07, 6.45) is 13.7. The minimum atomic E-state index is -0.303. The van der Waals surface area contributed by atoms with Gasteiger partial charge in [-0.25, -0.2) is 9.97 Å². The van der Waals surface area contributed by atoms with Gasteiger partial charge in [0.15, 0.2) is 0 Å². The van der Waals surface area contributed by atoms with E-state index < -0.39 is 0 Å². The Morgan fingerprint density at radius 1 is 1.00 bits per heavy atom. The maximum Gasteiger partial charge on any atom is 0.276 e. The SMILES string of the molecule is Cn1cc(-c2ccnc(N3CCn4c(cc5c4CCCC5)C3=O)c2CO)cc(Nc2cn(C3CCN(C4COC4)CC3)cn2)c1=O. The van der Waals surface area contributed by atoms with Gasteiger partial charge in [0.1, 0.15) is 23.0 Å². The summed E-state index contributed by atoms with van der Waals surface area (Å²) in [5.74, 6) is 0.959. The Hall–Kier alpha value is -4.26. The number of piperidine rings is 1. The molecule has 0 atom stereocenters. The van der Waals surface area contributed by atoms with Crippen LogP contribution in [0, 0.1) is 0 Å². The summed E-state index contributed by atoms with van der Waals surface area (Å²) in [5.41, 5.74) is 5.45. The van der Waals surface area contributed by atoms with Gasteiger partial charge in [-0.2, -0.15) is 0 Å². The van der Waals surface area contributed by atoms with Crippen LogP contribution in [0.1, 0.15) is 59.0 Å². The van der Waals surface area contributed by atoms with Gasteiger partial charge in [0.05, 0.1) is 32.2 Å². The van der Waals surface area contributed by atoms with Gasteiger partial charge in [-0.1, -0.05) is 0 Å². The molecule has 0 bridgehead atoms. The first-order valence-electron chi connectivity index (χ1n) is 16.4. The molecule has 12 heteroatoms. The number of aryl methyl sites for hydroxylation is 2. The Kier molecular flexibility index (Phi) is 7.50. The molecule has 1 aliphatic carbocycles. The lowest BCUT2D eigenvalue weighted by Gasteiger charge is -2.41. The molecule has 2 saturated heterocycles. The number of aromatic nitrogens is 5. The Bertz CT molecular complexity index is 1850. The van der Waals surface area contributed by atoms with Crippen LogP contribution in [0.4, 0.5) is 17.3 Å². The number of imidazole rings is 1. The Balaban J connectivity index is 1.05. The second-order valence-corrected chi connectivity index (χ2v) is 13.0. The van der Waals surface area contributed by atoms with E-state index in [2.05, 4.69) is 29.3 Å². The summed E-state index contributed by atoms with van der Waals surface area (Å²) in [7, 11) is 1.71. The van der Waals surface area contributed by atoms with Gasteiger partial charge in [0.25, 0.3) is 11.5 Å². The van der Waals surface area contributed by atoms with Gasteiger partial charge in [0.2, 0.25) is 0 Å². The second kappa shape index (κ2) is 11.8. The largest absolute Gasteiger partial charge is 0.392 e. The van der Waals surface area contributed by atoms with Crippen LogP contribution in [0.2, 0.25) is 0 Å². The number of likely N-dealkylation sites (tertiary alicyclic amines) is 1. The van der Waals surface area contributed by atoms with Crippen LogP contribution in [0.25, 0.3) is 11.1 Å². The summed E-state index contributed by atoms with van der Waals surface area (Å²) < 4.78 is 11.2. The average molecular weight is 625 g/mol. The van der Waals surface area contributed by atoms with Crippen molar-refractivity contribution >= 4 is 23.2 Å². The number of carbonyl (C=O) groups is 1. The molecular formula is C34H40N8O4. The van der Waals surface area contributed by atoms with Crippen LogP contribution in [0.15, 0.2) is 47.9 Å². The van der Waals surface area contributed by atoms with Crippen LogP contribution < -0.4 is 15.8 Å². The number of aliphatic hydroxyl groups excluding tert-OH is 1. The van der Waals surface area contributed by atoms with Crippen molar-refractivity contribution in [3.63, 3.8) is 0 Å². The number of fused-ring (bicyclic) bond motifs is 3. The fraction of sp³-hybridized carbons (Fsp3) is 0.471. The minimum Gasteiger partial charge on any atom is -0.392 e. The van der Waals surface area contributed by atoms with E-state index in [1.54, 1.807) is 30.4 Å². The number of aliphatic hydroxyl groups is 1. The standard InChI is InChI=1S/C34H40N8O4/c1-38-16-23(14-28(33(38)44)37-31-17-40(21-36-31)24-7-10-39(11-8-24)25-19-46-20-25)26-6-9-35-32(27(26)18-43)42-13-12-41-29-5-3-2-4-22(29)15-30(41)34(42)45/h6,9,14-17,21,24-25,37,43H,2-5,7-8,10-13,18-20H2,1H3. The van der Waals surface area contributed by atoms with Crippen LogP contribution in [0.5, 0.6) is 0 Å². The number of hydrogen-bond donors (Lipinski definition) is 2. The van der Waals surface area contributed by atoms with Crippen molar-refractivity contribution in [3.05, 3.63) is 76.0 Å². The third-order valence-electron chi connectivity index (χ3n) is 10.3. The molecule has 1 amide bonds. The summed E-state index contributed by atoms with van der Waals surface area (Å²) in [4.78, 5) is 40.4. The third kappa shape index (κ3) is 5.04. The smallest absolute Gasteiger partial charge is 0.276 e. The second-order valence-electron chi connectivity index (χ2n) is 13.0. The molecule has 0 unspecified atom stereocenters. The molecule has 0 radical (unpaired) electrons. The highest BCUT2D eigenvalue weighted by Crippen LogP contribution is 2.35. The number of nitrogens with one attached hydrogen (secondary N) is 1. The highest BCUT2D eigenvalue weighted by molar-refractivity contribution is 6.06. The normalized spacial score (nSPS) is 19.2. The molecule has 4 aromatic heterocycles. The highest BCUT2D eigenvalue weighted by atomic mass is 16.5. The number of hydrogen-bond acceptors (Lipinski definition) is 8. The van der Waals surface area contributed by atoms with E-state index >= 15 is 0 Å². The maximum atomic E-state index is 13.8. The van der Waals surface area contributed by atoms with Crippen LogP contribution in [-0.2, 0) is 37.8 Å². The topological polar surface area (TPSA) is 123 Å². The monoisotopic (exact) mass is 624 g/mol. The molecule has 4 aliphatic rings. The first kappa shape index (κ1) is 29.2. The maximum absolute atomic E-state index is 13.8. The molecule has 3 aliphatic heterocycles. The van der Waals surface area contributed by atoms with Crippen molar-refractivity contribution in [3.8, 4) is 11.1 Å². The molecule has 2 N–H and O–H groups in total. The molecule has 46 heavy (non-hydrogen) atoms. The van der Waals surface area contributed by atoms with Crippen molar-refractivity contribution in [1.29, 1.82) is 0 Å². The molecule has 8 rings (SSSR count). The number of amides is 1. The number of ether oxygens (including phenoxy) is 1. The summed E-state index contributed by atoms with van der Waals surface area (Å²) in [6, 6.07) is 6.58. The van der Waals surface area contributed by atoms with Crippen molar-refractivity contribution in [2.24, 2.45) is 7.05 Å². The predicted molar refractivity (Wildman–Crippen MR) is 174 cm³/mol. The lowest BCUT2D eigenvalue weighted by molar-refractivity contribution is -0.0731. The summed E-state index contributed by atoms with van der Waals surface area (Å²) in [5, 5.41) is 13.9. The first-order chi connectivity index (χ1) is 22.5. The van der Waals surface area contributed by atoms with E-state index in [0.29, 0.717) is 59.3 Å². The number of nitrogens with zero attached hydrogens (tertiary/aromatic N) is 7. The fourth-order valence-electron chi connectivity index (χ4n) is 7.65. The van der Waals surface area contributed by atoms with Crippen molar-refractivity contribution < 1.29 is 14.6 Å². The molecule has 0 spiro atoms. The molecule has 2 fully saturated rings. The van der Waals surface area contributed by atoms with E-state index in [4.69, 9.17) is 4.74 Å². The number of pyridine rings is 2. The van der Waals surface area contributed by atoms with Gasteiger partial charge >= 0.3 is 0 Å². The molecule has 4 aromatic rings. The zero-order valence-corrected chi connectivity index (χ0v) is 26.2. The van der Waals surface area contributed by atoms with Gasteiger partial charge < -0.3 is 28.9 Å². The molecule has 240 valence electrons. The lowest BCUT2D eigenvalue weighted by atomic mass is 9.98. The molecule has 0 saturated carbocycles. The van der Waals surface area contributed by atoms with Crippen molar-refractivity contribution in [2.45, 2.75) is 63.8 Å². The average Bonchev–Trinajstić information content (AvgIpc) is 3.68. The van der Waals surface area contributed by atoms with Crippen molar-refractivity contribution in [2.75, 3.05) is 43.1 Å². The highest BCUT2D eigenvalue weighted by Gasteiger charge is 2.33. The zero-order chi connectivity index (χ0) is 31.4. The van der Waals surface area contributed by atoms with E-state index in [0.717, 1.165) is 70.4 Å². The van der Waals surface area contributed by atoms with Gasteiger partial charge in [-0.3, -0.25) is 19.4 Å². The van der Waals surface area contributed by atoms with Crippen LogP contribution in [-0.4, -0.2) is 78.5 Å². The number of rotatable bonds is 7. The molecule has 12 nitrogen and oxygen atoms in total. The minimum absolute atomic E-state index is 0.0962. The van der Waals surface area contributed by atoms with E-state index in [9.17, 15) is 14.7 Å². The first-order valence-corrected chi connectivity index (χ1v) is 16.4. The molecular weight excluding hydrogens is 584 g/mol. The zero-order valence-electron chi connectivity index (χ0n) is 26.2. The predicted octanol–water partition coefficient (Wildman–Crippen LogP) is 3.26. The van der Waals surface area contributed by atoms with Gasteiger partial charge in [-0.15, -0.1) is 0 Å². The quantitative estimate of drug-likeness (QED) is 0.322. The number of carbonyl (C=O) groups excluding carboxylic acids is 1. The van der Waals surface area contributed by atoms with E-state index in [-0.39, 0.29) is 18.1 Å². The van der Waals surface area contributed by atoms with Crippen LogP contribution in [0.3, 0.4) is 0 Å². The lowest BCUT2D eigenvalue weighted by Crippen LogP contribution is -2.51. The Morgan fingerprint density at radius 3 is 2.61 bits per heavy atom. The third-order valence-corrected chi connectivity index (χ3v) is 10.3. The fourth-order valence-corrected chi connectivity index (χ4v) is 7.65. The van der Waals surface area contributed by atoms with Gasteiger partial charge in [0, 0.05) is 74.7 Å². The molecule has 0 aromatic carbocycles. The van der Waals surface area contributed by atoms with Gasteiger partial charge in [-0.05, 0) is 67.9 Å². The van der Waals surface area contributed by atoms with Crippen molar-refractivity contribution in [1.82, 2.24) is 28.6 Å². The summed E-state index contributed by atoms with van der Waals surface area (Å²) in [6.45, 7) is 4.64. The summed E-state index contributed by atoms with van der Waals surface area (Å²) >= 11 is 0. The number of anilines is 3. The van der Waals surface area contributed by atoms with E-state index in [1.165, 1.54) is 15.8 Å². The van der Waals surface area contributed by atoms with E-state index in [1.807, 2.05) is 24.7 Å². The Labute approximate surface area is 267 Å². The molecule has 7 heterocycles.